The lowest BCUT2D eigenvalue weighted by molar-refractivity contribution is 0.0536. The number of aromatic hydroxyl groups is 1. The lowest BCUT2D eigenvalue weighted by atomic mass is 10.1. The highest BCUT2D eigenvalue weighted by Gasteiger charge is 2.18. The number of phenolic OH excluding ortho intramolecular Hbond substituents is 1. The first kappa shape index (κ1) is 13.1. The molecule has 0 unspecified atom stereocenters. The molecule has 2 rings (SSSR count). The van der Waals surface area contributed by atoms with E-state index in [2.05, 4.69) is 4.98 Å². The summed E-state index contributed by atoms with van der Waals surface area (Å²) < 4.78 is 6.48. The van der Waals surface area contributed by atoms with Crippen LogP contribution in [0.15, 0.2) is 36.8 Å². The molecule has 1 N–H and O–H groups in total. The summed E-state index contributed by atoms with van der Waals surface area (Å²) in [4.78, 5) is 15.9. The van der Waals surface area contributed by atoms with Crippen LogP contribution in [0, 0.1) is 0 Å². The third kappa shape index (κ3) is 3.13. The normalized spacial score (nSPS) is 11.3. The molecule has 0 saturated heterocycles. The summed E-state index contributed by atoms with van der Waals surface area (Å²) in [5.74, 6) is 0.122. The molecule has 1 aromatic heterocycles. The number of phenols is 1. The molecule has 0 spiro atoms. The maximum absolute atomic E-state index is 11.8. The minimum absolute atomic E-state index is 0.122. The van der Waals surface area contributed by atoms with Crippen molar-refractivity contribution >= 4 is 6.09 Å². The van der Waals surface area contributed by atoms with E-state index in [0.717, 1.165) is 0 Å². The Morgan fingerprint density at radius 2 is 2.00 bits per heavy atom. The summed E-state index contributed by atoms with van der Waals surface area (Å²) in [6.07, 6.45) is 2.40. The van der Waals surface area contributed by atoms with Gasteiger partial charge in [-0.05, 0) is 32.9 Å². The molecular weight excluding hydrogens is 244 g/mol. The Balaban J connectivity index is 2.25. The van der Waals surface area contributed by atoms with Crippen LogP contribution >= 0.6 is 0 Å². The second kappa shape index (κ2) is 4.76. The SMILES string of the molecule is CC(C)(C)OC(=O)n1cnc(-c2ccccc2O)c1. The summed E-state index contributed by atoms with van der Waals surface area (Å²) in [7, 11) is 0. The van der Waals surface area contributed by atoms with Crippen molar-refractivity contribution in [1.82, 2.24) is 9.55 Å². The number of hydrogen-bond acceptors (Lipinski definition) is 4. The Hall–Kier alpha value is -2.30. The molecule has 0 aliphatic heterocycles. The van der Waals surface area contributed by atoms with Gasteiger partial charge in [0, 0.05) is 11.8 Å². The van der Waals surface area contributed by atoms with Gasteiger partial charge >= 0.3 is 6.09 Å². The van der Waals surface area contributed by atoms with Crippen LogP contribution in [-0.2, 0) is 4.74 Å². The third-order valence-corrected chi connectivity index (χ3v) is 2.37. The average molecular weight is 260 g/mol. The monoisotopic (exact) mass is 260 g/mol. The van der Waals surface area contributed by atoms with Gasteiger partial charge in [-0.2, -0.15) is 0 Å². The summed E-state index contributed by atoms with van der Waals surface area (Å²) in [5, 5.41) is 9.73. The molecule has 0 saturated carbocycles. The number of carbonyl (C=O) groups excluding carboxylic acids is 1. The zero-order valence-corrected chi connectivity index (χ0v) is 11.1. The molecular formula is C14H16N2O3. The van der Waals surface area contributed by atoms with Crippen molar-refractivity contribution in [3.05, 3.63) is 36.8 Å². The topological polar surface area (TPSA) is 64.4 Å². The highest BCUT2D eigenvalue weighted by molar-refractivity contribution is 5.74. The van der Waals surface area contributed by atoms with Gasteiger partial charge in [0.1, 0.15) is 17.7 Å². The molecule has 5 heteroatoms. The van der Waals surface area contributed by atoms with Crippen LogP contribution in [0.25, 0.3) is 11.3 Å². The van der Waals surface area contributed by atoms with E-state index in [-0.39, 0.29) is 5.75 Å². The number of hydrogen-bond donors (Lipinski definition) is 1. The van der Waals surface area contributed by atoms with Gasteiger partial charge in [0.25, 0.3) is 0 Å². The first-order chi connectivity index (χ1) is 8.87. The van der Waals surface area contributed by atoms with Gasteiger partial charge in [-0.15, -0.1) is 0 Å². The number of para-hydroxylation sites is 1. The number of imidazole rings is 1. The Morgan fingerprint density at radius 1 is 1.32 bits per heavy atom. The fraction of sp³-hybridized carbons (Fsp3) is 0.286. The largest absolute Gasteiger partial charge is 0.507 e. The molecule has 0 atom stereocenters. The fourth-order valence-electron chi connectivity index (χ4n) is 1.57. The molecule has 1 heterocycles. The van der Waals surface area contributed by atoms with Crippen LogP contribution < -0.4 is 0 Å². The van der Waals surface area contributed by atoms with Gasteiger partial charge in [0.05, 0.1) is 5.69 Å². The number of rotatable bonds is 1. The number of ether oxygens (including phenoxy) is 1. The van der Waals surface area contributed by atoms with Crippen molar-refractivity contribution in [2.24, 2.45) is 0 Å². The molecule has 0 aliphatic carbocycles. The van der Waals surface area contributed by atoms with E-state index < -0.39 is 11.7 Å². The van der Waals surface area contributed by atoms with E-state index in [1.54, 1.807) is 45.0 Å². The highest BCUT2D eigenvalue weighted by Crippen LogP contribution is 2.26. The van der Waals surface area contributed by atoms with Crippen molar-refractivity contribution in [3.63, 3.8) is 0 Å². The molecule has 19 heavy (non-hydrogen) atoms. The number of benzene rings is 1. The molecule has 0 amide bonds. The van der Waals surface area contributed by atoms with E-state index in [0.29, 0.717) is 11.3 Å². The number of nitrogens with zero attached hydrogens (tertiary/aromatic N) is 2. The minimum atomic E-state index is -0.559. The van der Waals surface area contributed by atoms with Gasteiger partial charge in [-0.25, -0.2) is 14.3 Å². The maximum Gasteiger partial charge on any atom is 0.419 e. The molecule has 2 aromatic rings. The third-order valence-electron chi connectivity index (χ3n) is 2.37. The Morgan fingerprint density at radius 3 is 2.63 bits per heavy atom. The molecule has 0 radical (unpaired) electrons. The number of aromatic nitrogens is 2. The standard InChI is InChI=1S/C14H16N2O3/c1-14(2,3)19-13(18)16-8-11(15-9-16)10-6-4-5-7-12(10)17/h4-9,17H,1-3H3. The van der Waals surface area contributed by atoms with Crippen molar-refractivity contribution in [2.45, 2.75) is 26.4 Å². The lowest BCUT2D eigenvalue weighted by Gasteiger charge is -2.19. The smallest absolute Gasteiger partial charge is 0.419 e. The van der Waals surface area contributed by atoms with Crippen molar-refractivity contribution < 1.29 is 14.6 Å². The molecule has 1 aromatic carbocycles. The molecule has 0 fully saturated rings. The van der Waals surface area contributed by atoms with Gasteiger partial charge in [-0.1, -0.05) is 12.1 Å². The second-order valence-corrected chi connectivity index (χ2v) is 5.16. The number of carbonyl (C=O) groups is 1. The zero-order valence-electron chi connectivity index (χ0n) is 11.1. The molecule has 0 bridgehead atoms. The van der Waals surface area contributed by atoms with Crippen molar-refractivity contribution in [1.29, 1.82) is 0 Å². The van der Waals surface area contributed by atoms with Crippen LogP contribution in [0.2, 0.25) is 0 Å². The van der Waals surface area contributed by atoms with Crippen LogP contribution in [-0.4, -0.2) is 26.4 Å². The van der Waals surface area contributed by atoms with Crippen LogP contribution in [0.5, 0.6) is 5.75 Å². The maximum atomic E-state index is 11.8. The Kier molecular flexibility index (Phi) is 3.29. The van der Waals surface area contributed by atoms with E-state index in [1.807, 2.05) is 0 Å². The lowest BCUT2D eigenvalue weighted by Crippen LogP contribution is -2.26. The predicted octanol–water partition coefficient (Wildman–Crippen LogP) is 3.04. The summed E-state index contributed by atoms with van der Waals surface area (Å²) >= 11 is 0. The highest BCUT2D eigenvalue weighted by atomic mass is 16.6. The fourth-order valence-corrected chi connectivity index (χ4v) is 1.57. The second-order valence-electron chi connectivity index (χ2n) is 5.16. The first-order valence-electron chi connectivity index (χ1n) is 5.92. The van der Waals surface area contributed by atoms with Crippen molar-refractivity contribution in [3.8, 4) is 17.0 Å². The van der Waals surface area contributed by atoms with Gasteiger partial charge in [0.2, 0.25) is 0 Å². The Bertz CT molecular complexity index is 597. The van der Waals surface area contributed by atoms with E-state index in [4.69, 9.17) is 4.74 Å². The van der Waals surface area contributed by atoms with Crippen LogP contribution in [0.4, 0.5) is 4.79 Å². The minimum Gasteiger partial charge on any atom is -0.507 e. The van der Waals surface area contributed by atoms with Gasteiger partial charge < -0.3 is 9.84 Å². The predicted molar refractivity (Wildman–Crippen MR) is 71.0 cm³/mol. The molecule has 100 valence electrons. The van der Waals surface area contributed by atoms with Gasteiger partial charge in [-0.3, -0.25) is 0 Å². The molecule has 5 nitrogen and oxygen atoms in total. The summed E-state index contributed by atoms with van der Waals surface area (Å²) in [6, 6.07) is 6.82. The molecule has 0 aliphatic rings. The average Bonchev–Trinajstić information content (AvgIpc) is 2.76. The first-order valence-corrected chi connectivity index (χ1v) is 5.92. The summed E-state index contributed by atoms with van der Waals surface area (Å²) in [5.41, 5.74) is 0.532. The van der Waals surface area contributed by atoms with Crippen molar-refractivity contribution in [2.75, 3.05) is 0 Å². The van der Waals surface area contributed by atoms with E-state index in [1.165, 1.54) is 17.1 Å². The van der Waals surface area contributed by atoms with E-state index >= 15 is 0 Å². The van der Waals surface area contributed by atoms with Crippen LogP contribution in [0.1, 0.15) is 20.8 Å². The summed E-state index contributed by atoms with van der Waals surface area (Å²) in [6.45, 7) is 5.39. The van der Waals surface area contributed by atoms with Crippen LogP contribution in [0.3, 0.4) is 0 Å². The van der Waals surface area contributed by atoms with Gasteiger partial charge in [0.15, 0.2) is 0 Å². The van der Waals surface area contributed by atoms with E-state index in [9.17, 15) is 9.90 Å². The zero-order chi connectivity index (χ0) is 14.0. The Labute approximate surface area is 111 Å². The quantitative estimate of drug-likeness (QED) is 0.856.